The molecule has 0 saturated heterocycles. The molecule has 4 nitrogen and oxygen atoms in total. The molecule has 1 aromatic heterocycles. The highest BCUT2D eigenvalue weighted by molar-refractivity contribution is 5.90. The van der Waals surface area contributed by atoms with Gasteiger partial charge >= 0.3 is 0 Å². The molecule has 0 saturated carbocycles. The first-order valence-corrected chi connectivity index (χ1v) is 7.47. The van der Waals surface area contributed by atoms with Gasteiger partial charge in [0.15, 0.2) is 23.3 Å². The van der Waals surface area contributed by atoms with Crippen molar-refractivity contribution in [3.05, 3.63) is 72.0 Å². The molecular weight excluding hydrogens is 333 g/mol. The molecule has 3 aromatic rings. The minimum Gasteiger partial charge on any atom is -0.441 e. The Bertz CT molecular complexity index is 909. The molecule has 0 spiro atoms. The molecule has 0 aliphatic heterocycles. The lowest BCUT2D eigenvalue weighted by molar-refractivity contribution is -0.116. The first-order chi connectivity index (χ1) is 12.0. The third-order valence-corrected chi connectivity index (χ3v) is 3.46. The van der Waals surface area contributed by atoms with Crippen molar-refractivity contribution in [3.63, 3.8) is 0 Å². The number of aryl methyl sites for hydroxylation is 1. The van der Waals surface area contributed by atoms with Crippen molar-refractivity contribution >= 4 is 11.6 Å². The Morgan fingerprint density at radius 1 is 1.04 bits per heavy atom. The third-order valence-electron chi connectivity index (χ3n) is 3.46. The predicted octanol–water partition coefficient (Wildman–Crippen LogP) is 4.33. The van der Waals surface area contributed by atoms with E-state index < -0.39 is 23.4 Å². The molecule has 0 atom stereocenters. The van der Waals surface area contributed by atoms with E-state index in [-0.39, 0.29) is 35.7 Å². The summed E-state index contributed by atoms with van der Waals surface area (Å²) >= 11 is 0. The topological polar surface area (TPSA) is 55.1 Å². The van der Waals surface area contributed by atoms with Crippen molar-refractivity contribution in [2.24, 2.45) is 0 Å². The zero-order chi connectivity index (χ0) is 17.8. The molecule has 1 heterocycles. The molecule has 0 unspecified atom stereocenters. The minimum atomic E-state index is -1.04. The number of benzene rings is 2. The van der Waals surface area contributed by atoms with E-state index in [4.69, 9.17) is 4.42 Å². The highest BCUT2D eigenvalue weighted by Gasteiger charge is 2.12. The van der Waals surface area contributed by atoms with Crippen LogP contribution in [0.3, 0.4) is 0 Å². The van der Waals surface area contributed by atoms with Gasteiger partial charge in [-0.3, -0.25) is 4.79 Å². The lowest BCUT2D eigenvalue weighted by atomic mass is 10.2. The maximum absolute atomic E-state index is 13.7. The van der Waals surface area contributed by atoms with Crippen LogP contribution in [-0.4, -0.2) is 10.9 Å². The van der Waals surface area contributed by atoms with E-state index in [1.807, 2.05) is 0 Å². The molecule has 3 rings (SSSR count). The number of carbonyl (C=O) groups excluding carboxylic acids is 1. The monoisotopic (exact) mass is 346 g/mol. The van der Waals surface area contributed by atoms with Gasteiger partial charge in [0.2, 0.25) is 5.91 Å². The molecule has 1 N–H and O–H groups in total. The van der Waals surface area contributed by atoms with Crippen LogP contribution in [0.25, 0.3) is 11.3 Å². The number of nitrogens with zero attached hydrogens (tertiary/aromatic N) is 1. The summed E-state index contributed by atoms with van der Waals surface area (Å²) in [6, 6.07) is 9.21. The van der Waals surface area contributed by atoms with Crippen molar-refractivity contribution in [2.45, 2.75) is 12.8 Å². The smallest absolute Gasteiger partial charge is 0.224 e. The predicted molar refractivity (Wildman–Crippen MR) is 85.2 cm³/mol. The van der Waals surface area contributed by atoms with Gasteiger partial charge in [0.05, 0.1) is 11.8 Å². The van der Waals surface area contributed by atoms with E-state index in [2.05, 4.69) is 10.3 Å². The highest BCUT2D eigenvalue weighted by Crippen LogP contribution is 2.23. The number of hydrogen-bond acceptors (Lipinski definition) is 3. The van der Waals surface area contributed by atoms with Crippen LogP contribution in [0.1, 0.15) is 12.3 Å². The maximum Gasteiger partial charge on any atom is 0.224 e. The van der Waals surface area contributed by atoms with Crippen LogP contribution in [0.5, 0.6) is 0 Å². The number of carbonyl (C=O) groups is 1. The van der Waals surface area contributed by atoms with E-state index >= 15 is 0 Å². The van der Waals surface area contributed by atoms with Crippen LogP contribution in [0.4, 0.5) is 18.9 Å². The van der Waals surface area contributed by atoms with Gasteiger partial charge in [0.25, 0.3) is 0 Å². The maximum atomic E-state index is 13.7. The number of hydrogen-bond donors (Lipinski definition) is 1. The van der Waals surface area contributed by atoms with E-state index in [1.165, 1.54) is 18.3 Å². The van der Waals surface area contributed by atoms with Gasteiger partial charge in [0.1, 0.15) is 5.82 Å². The number of amides is 1. The van der Waals surface area contributed by atoms with Crippen LogP contribution in [0.2, 0.25) is 0 Å². The molecular formula is C18H13F3N2O2. The van der Waals surface area contributed by atoms with Crippen molar-refractivity contribution in [1.82, 2.24) is 4.98 Å². The van der Waals surface area contributed by atoms with Gasteiger partial charge in [-0.15, -0.1) is 0 Å². The second-order valence-electron chi connectivity index (χ2n) is 5.28. The molecule has 1 amide bonds. The molecule has 128 valence electrons. The van der Waals surface area contributed by atoms with Crippen molar-refractivity contribution in [2.75, 3.05) is 5.32 Å². The minimum absolute atomic E-state index is 0.0240. The third kappa shape index (κ3) is 4.06. The van der Waals surface area contributed by atoms with Gasteiger partial charge in [-0.2, -0.15) is 0 Å². The van der Waals surface area contributed by atoms with Gasteiger partial charge in [-0.25, -0.2) is 18.2 Å². The molecule has 0 radical (unpaired) electrons. The number of halogens is 3. The summed E-state index contributed by atoms with van der Waals surface area (Å²) in [6.07, 6.45) is 1.60. The van der Waals surface area contributed by atoms with E-state index in [9.17, 15) is 18.0 Å². The van der Waals surface area contributed by atoms with Crippen LogP contribution in [0.15, 0.2) is 53.1 Å². The number of anilines is 1. The first kappa shape index (κ1) is 16.8. The first-order valence-electron chi connectivity index (χ1n) is 7.47. The van der Waals surface area contributed by atoms with Gasteiger partial charge < -0.3 is 9.73 Å². The molecule has 25 heavy (non-hydrogen) atoms. The largest absolute Gasteiger partial charge is 0.441 e. The average Bonchev–Trinajstić information content (AvgIpc) is 3.05. The second kappa shape index (κ2) is 7.21. The van der Waals surface area contributed by atoms with Gasteiger partial charge in [0, 0.05) is 24.6 Å². The zero-order valence-corrected chi connectivity index (χ0v) is 12.9. The average molecular weight is 346 g/mol. The number of aromatic nitrogens is 1. The van der Waals surface area contributed by atoms with Gasteiger partial charge in [-0.05, 0) is 24.3 Å². The summed E-state index contributed by atoms with van der Waals surface area (Å²) in [7, 11) is 0. The number of oxazole rings is 1. The van der Waals surface area contributed by atoms with Crippen LogP contribution in [0, 0.1) is 17.5 Å². The summed E-state index contributed by atoms with van der Waals surface area (Å²) in [5.41, 5.74) is 0.441. The Labute approximate surface area is 141 Å². The van der Waals surface area contributed by atoms with Crippen molar-refractivity contribution < 1.29 is 22.4 Å². The number of nitrogens with one attached hydrogen (secondary N) is 1. The molecule has 0 fully saturated rings. The summed E-state index contributed by atoms with van der Waals surface area (Å²) < 4.78 is 45.1. The van der Waals surface area contributed by atoms with E-state index in [0.717, 1.165) is 12.1 Å². The van der Waals surface area contributed by atoms with Gasteiger partial charge in [-0.1, -0.05) is 12.1 Å². The highest BCUT2D eigenvalue weighted by atomic mass is 19.2. The van der Waals surface area contributed by atoms with E-state index in [0.29, 0.717) is 0 Å². The van der Waals surface area contributed by atoms with Crippen molar-refractivity contribution in [1.29, 1.82) is 0 Å². The lowest BCUT2D eigenvalue weighted by Crippen LogP contribution is -2.12. The van der Waals surface area contributed by atoms with Crippen LogP contribution in [-0.2, 0) is 11.2 Å². The Morgan fingerprint density at radius 2 is 1.84 bits per heavy atom. The lowest BCUT2D eigenvalue weighted by Gasteiger charge is -2.04. The Balaban J connectivity index is 1.59. The summed E-state index contributed by atoms with van der Waals surface area (Å²) in [4.78, 5) is 15.9. The fourth-order valence-corrected chi connectivity index (χ4v) is 2.23. The Kier molecular flexibility index (Phi) is 4.83. The Hall–Kier alpha value is -3.09. The quantitative estimate of drug-likeness (QED) is 0.748. The molecule has 7 heteroatoms. The van der Waals surface area contributed by atoms with Crippen LogP contribution >= 0.6 is 0 Å². The van der Waals surface area contributed by atoms with Crippen LogP contribution < -0.4 is 5.32 Å². The zero-order valence-electron chi connectivity index (χ0n) is 12.9. The fourth-order valence-electron chi connectivity index (χ4n) is 2.23. The SMILES string of the molecule is O=C(CCc1ncc(-c2ccccc2F)o1)Nc1ccc(F)c(F)c1. The molecule has 0 aliphatic rings. The van der Waals surface area contributed by atoms with Crippen molar-refractivity contribution in [3.8, 4) is 11.3 Å². The summed E-state index contributed by atoms with van der Waals surface area (Å²) in [5, 5.41) is 2.45. The molecule has 0 bridgehead atoms. The molecule has 2 aromatic carbocycles. The summed E-state index contributed by atoms with van der Waals surface area (Å²) in [5.74, 6) is -2.32. The normalized spacial score (nSPS) is 10.7. The number of rotatable bonds is 5. The Morgan fingerprint density at radius 3 is 2.60 bits per heavy atom. The second-order valence-corrected chi connectivity index (χ2v) is 5.28. The molecule has 0 aliphatic carbocycles. The fraction of sp³-hybridized carbons (Fsp3) is 0.111. The summed E-state index contributed by atoms with van der Waals surface area (Å²) in [6.45, 7) is 0. The standard InChI is InChI=1S/C18H13F3N2O2/c19-13-4-2-1-3-12(13)16-10-22-18(25-16)8-7-17(24)23-11-5-6-14(20)15(21)9-11/h1-6,9-10H,7-8H2,(H,23,24). The van der Waals surface area contributed by atoms with E-state index in [1.54, 1.807) is 18.2 Å².